The number of ether oxygens (including phenoxy) is 1. The molecule has 1 unspecified atom stereocenters. The zero-order valence-corrected chi connectivity index (χ0v) is 20.2. The highest BCUT2D eigenvalue weighted by Crippen LogP contribution is 2.29. The number of carbonyl (C=O) groups is 1. The number of para-hydroxylation sites is 2. The van der Waals surface area contributed by atoms with E-state index in [1.807, 2.05) is 59.5 Å². The number of anilines is 1. The minimum absolute atomic E-state index is 0.0127. The smallest absolute Gasteiger partial charge is 0.262 e. The summed E-state index contributed by atoms with van der Waals surface area (Å²) < 4.78 is 7.52. The molecule has 0 bridgehead atoms. The second-order valence-corrected chi connectivity index (χ2v) is 10.1. The highest BCUT2D eigenvalue weighted by molar-refractivity contribution is 7.99. The number of nitrogens with zero attached hydrogens (tertiary/aromatic N) is 3. The summed E-state index contributed by atoms with van der Waals surface area (Å²) in [7, 11) is 0. The lowest BCUT2D eigenvalue weighted by molar-refractivity contribution is -0.116. The number of carbonyl (C=O) groups excluding carboxylic acids is 1. The summed E-state index contributed by atoms with van der Waals surface area (Å²) in [6, 6.07) is 17.6. The maximum atomic E-state index is 13.6. The number of amides is 1. The first-order valence-corrected chi connectivity index (χ1v) is 13.3. The molecule has 2 heterocycles. The van der Waals surface area contributed by atoms with Gasteiger partial charge in [-0.25, -0.2) is 4.98 Å². The predicted molar refractivity (Wildman–Crippen MR) is 137 cm³/mol. The Bertz CT molecular complexity index is 1180. The van der Waals surface area contributed by atoms with Gasteiger partial charge in [-0.15, -0.1) is 0 Å². The first-order valence-electron chi connectivity index (χ1n) is 12.3. The van der Waals surface area contributed by atoms with Crippen molar-refractivity contribution in [1.29, 1.82) is 0 Å². The molecular weight excluding hydrogens is 446 g/mol. The van der Waals surface area contributed by atoms with E-state index in [0.717, 1.165) is 50.8 Å². The monoisotopic (exact) mass is 477 g/mol. The summed E-state index contributed by atoms with van der Waals surface area (Å²) in [6.45, 7) is 1.20. The van der Waals surface area contributed by atoms with Crippen LogP contribution >= 0.6 is 11.8 Å². The lowest BCUT2D eigenvalue weighted by atomic mass is 9.93. The number of benzene rings is 2. The number of rotatable bonds is 7. The molecule has 1 amide bonds. The van der Waals surface area contributed by atoms with E-state index < -0.39 is 0 Å². The van der Waals surface area contributed by atoms with Gasteiger partial charge in [-0.1, -0.05) is 61.4 Å². The number of aromatic nitrogens is 2. The van der Waals surface area contributed by atoms with Crippen LogP contribution in [-0.2, 0) is 16.1 Å². The van der Waals surface area contributed by atoms with Gasteiger partial charge in [0.1, 0.15) is 0 Å². The van der Waals surface area contributed by atoms with E-state index >= 15 is 0 Å². The maximum Gasteiger partial charge on any atom is 0.262 e. The third-order valence-corrected chi connectivity index (χ3v) is 7.77. The van der Waals surface area contributed by atoms with Crippen molar-refractivity contribution in [2.45, 2.75) is 68.8 Å². The van der Waals surface area contributed by atoms with Gasteiger partial charge >= 0.3 is 0 Å². The van der Waals surface area contributed by atoms with Crippen LogP contribution in [0.1, 0.15) is 44.9 Å². The summed E-state index contributed by atoms with van der Waals surface area (Å²) in [4.78, 5) is 33.7. The minimum Gasteiger partial charge on any atom is -0.376 e. The van der Waals surface area contributed by atoms with Gasteiger partial charge in [0.25, 0.3) is 5.56 Å². The third-order valence-electron chi connectivity index (χ3n) is 6.80. The largest absolute Gasteiger partial charge is 0.376 e. The molecule has 2 aliphatic rings. The van der Waals surface area contributed by atoms with Crippen LogP contribution in [0.15, 0.2) is 64.5 Å². The number of hydrogen-bond acceptors (Lipinski definition) is 5. The molecule has 1 aliphatic heterocycles. The van der Waals surface area contributed by atoms with E-state index in [-0.39, 0.29) is 29.4 Å². The van der Waals surface area contributed by atoms with Crippen molar-refractivity contribution in [2.75, 3.05) is 17.3 Å². The van der Waals surface area contributed by atoms with E-state index in [4.69, 9.17) is 9.72 Å². The van der Waals surface area contributed by atoms with Crippen molar-refractivity contribution >= 4 is 34.3 Å². The number of fused-ring (bicyclic) bond motifs is 1. The molecule has 34 heavy (non-hydrogen) atoms. The van der Waals surface area contributed by atoms with Gasteiger partial charge in [-0.05, 0) is 49.9 Å². The van der Waals surface area contributed by atoms with Gasteiger partial charge in [-0.3, -0.25) is 14.2 Å². The lowest BCUT2D eigenvalue weighted by Gasteiger charge is -2.34. The molecule has 178 valence electrons. The van der Waals surface area contributed by atoms with Gasteiger partial charge in [-0.2, -0.15) is 0 Å². The summed E-state index contributed by atoms with van der Waals surface area (Å²) in [6.07, 6.45) is 7.56. The normalized spacial score (nSPS) is 18.9. The lowest BCUT2D eigenvalue weighted by Crippen LogP contribution is -2.42. The Morgan fingerprint density at radius 3 is 2.53 bits per heavy atom. The summed E-state index contributed by atoms with van der Waals surface area (Å²) in [5, 5.41) is 1.19. The Morgan fingerprint density at radius 1 is 1.00 bits per heavy atom. The van der Waals surface area contributed by atoms with Crippen molar-refractivity contribution in [3.63, 3.8) is 0 Å². The molecule has 1 saturated heterocycles. The van der Waals surface area contributed by atoms with Gasteiger partial charge in [0.05, 0.1) is 29.3 Å². The molecule has 1 aliphatic carbocycles. The Morgan fingerprint density at radius 2 is 1.76 bits per heavy atom. The number of hydrogen-bond donors (Lipinski definition) is 0. The highest BCUT2D eigenvalue weighted by Gasteiger charge is 2.28. The van der Waals surface area contributed by atoms with Crippen LogP contribution in [0.5, 0.6) is 0 Å². The Hall–Kier alpha value is -2.64. The molecule has 2 aromatic carbocycles. The van der Waals surface area contributed by atoms with Crippen LogP contribution in [0.3, 0.4) is 0 Å². The zero-order valence-electron chi connectivity index (χ0n) is 19.4. The standard InChI is InChI=1S/C27H31N3O3S/c31-25(30(20-10-3-1-4-11-20)21-12-5-2-6-13-21)19-34-27-28-24-16-8-7-15-23(24)26(32)29(27)18-22-14-9-17-33-22/h1,3-4,7-8,10-11,15-16,21-22H,2,5-6,9,12-14,17-19H2. The van der Waals surface area contributed by atoms with Crippen LogP contribution in [0.25, 0.3) is 10.9 Å². The van der Waals surface area contributed by atoms with Crippen molar-refractivity contribution < 1.29 is 9.53 Å². The van der Waals surface area contributed by atoms with Crippen molar-refractivity contribution in [2.24, 2.45) is 0 Å². The average Bonchev–Trinajstić information content (AvgIpc) is 3.40. The Kier molecular flexibility index (Phi) is 7.30. The average molecular weight is 478 g/mol. The van der Waals surface area contributed by atoms with Gasteiger partial charge in [0, 0.05) is 18.3 Å². The molecule has 0 radical (unpaired) electrons. The van der Waals surface area contributed by atoms with Gasteiger partial charge in [0.2, 0.25) is 5.91 Å². The van der Waals surface area contributed by atoms with E-state index in [9.17, 15) is 9.59 Å². The molecule has 3 aromatic rings. The first kappa shape index (κ1) is 23.1. The Balaban J connectivity index is 1.42. The molecule has 5 rings (SSSR count). The predicted octanol–water partition coefficient (Wildman–Crippen LogP) is 5.03. The van der Waals surface area contributed by atoms with Gasteiger partial charge < -0.3 is 9.64 Å². The first-order chi connectivity index (χ1) is 16.7. The second kappa shape index (κ2) is 10.7. The minimum atomic E-state index is -0.0664. The van der Waals surface area contributed by atoms with E-state index in [1.54, 1.807) is 4.57 Å². The summed E-state index contributed by atoms with van der Waals surface area (Å²) in [5.41, 5.74) is 1.55. The van der Waals surface area contributed by atoms with E-state index in [1.165, 1.54) is 18.2 Å². The van der Waals surface area contributed by atoms with Gasteiger partial charge in [0.15, 0.2) is 5.16 Å². The van der Waals surface area contributed by atoms with Crippen molar-refractivity contribution in [3.8, 4) is 0 Å². The van der Waals surface area contributed by atoms with E-state index in [0.29, 0.717) is 22.6 Å². The van der Waals surface area contributed by atoms with Crippen LogP contribution in [0.2, 0.25) is 0 Å². The highest BCUT2D eigenvalue weighted by atomic mass is 32.2. The fraction of sp³-hybridized carbons (Fsp3) is 0.444. The molecule has 0 spiro atoms. The van der Waals surface area contributed by atoms with Crippen LogP contribution in [-0.4, -0.2) is 40.0 Å². The molecule has 6 nitrogen and oxygen atoms in total. The quantitative estimate of drug-likeness (QED) is 0.353. The summed E-state index contributed by atoms with van der Waals surface area (Å²) in [5.74, 6) is 0.302. The SMILES string of the molecule is O=C(CSc1nc2ccccc2c(=O)n1CC1CCCO1)N(c1ccccc1)C1CCCCC1. The van der Waals surface area contributed by atoms with Crippen molar-refractivity contribution in [3.05, 3.63) is 65.0 Å². The number of thioether (sulfide) groups is 1. The Labute approximate surface area is 204 Å². The summed E-state index contributed by atoms with van der Waals surface area (Å²) >= 11 is 1.36. The zero-order chi connectivity index (χ0) is 23.3. The molecule has 1 saturated carbocycles. The maximum absolute atomic E-state index is 13.6. The third kappa shape index (κ3) is 5.05. The topological polar surface area (TPSA) is 64.4 Å². The fourth-order valence-electron chi connectivity index (χ4n) is 5.09. The van der Waals surface area contributed by atoms with Crippen LogP contribution in [0, 0.1) is 0 Å². The molecular formula is C27H31N3O3S. The van der Waals surface area contributed by atoms with Crippen LogP contribution in [0.4, 0.5) is 5.69 Å². The molecule has 1 aromatic heterocycles. The molecule has 0 N–H and O–H groups in total. The molecule has 2 fully saturated rings. The molecule has 7 heteroatoms. The fourth-order valence-corrected chi connectivity index (χ4v) is 5.96. The van der Waals surface area contributed by atoms with Crippen molar-refractivity contribution in [1.82, 2.24) is 9.55 Å². The van der Waals surface area contributed by atoms with E-state index in [2.05, 4.69) is 0 Å². The second-order valence-electron chi connectivity index (χ2n) is 9.14. The molecule has 1 atom stereocenters. The van der Waals surface area contributed by atoms with Crippen LogP contribution < -0.4 is 10.5 Å².